The lowest BCUT2D eigenvalue weighted by molar-refractivity contribution is -0.385. The van der Waals surface area contributed by atoms with Gasteiger partial charge in [0, 0.05) is 11.8 Å². The topological polar surface area (TPSA) is 114 Å². The molecule has 1 heterocycles. The molecular formula is C14H15N3O5S. The molecule has 8 nitrogen and oxygen atoms in total. The number of nitro groups is 1. The molecule has 1 aromatic carbocycles. The van der Waals surface area contributed by atoms with Gasteiger partial charge in [0.2, 0.25) is 0 Å². The summed E-state index contributed by atoms with van der Waals surface area (Å²) in [6.07, 6.45) is 0. The number of esters is 1. The molecule has 0 saturated heterocycles. The predicted octanol–water partition coefficient (Wildman–Crippen LogP) is 1.66. The fraction of sp³-hybridized carbons (Fsp3) is 0.286. The number of phenols is 1. The number of allylic oxidation sites excluding steroid dienone is 1. The van der Waals surface area contributed by atoms with Crippen LogP contribution in [0.25, 0.3) is 0 Å². The Balaban J connectivity index is 2.48. The van der Waals surface area contributed by atoms with Crippen molar-refractivity contribution in [1.82, 2.24) is 10.6 Å². The molecule has 1 atom stereocenters. The third-order valence-electron chi connectivity index (χ3n) is 3.29. The number of aromatic hydroxyl groups is 1. The van der Waals surface area contributed by atoms with Crippen LogP contribution in [-0.4, -0.2) is 27.7 Å². The Labute approximate surface area is 137 Å². The second kappa shape index (κ2) is 6.61. The highest BCUT2D eigenvalue weighted by Gasteiger charge is 2.31. The van der Waals surface area contributed by atoms with Gasteiger partial charge in [-0.1, -0.05) is 0 Å². The lowest BCUT2D eigenvalue weighted by atomic mass is 9.95. The van der Waals surface area contributed by atoms with Gasteiger partial charge in [0.05, 0.1) is 23.1 Å². The average Bonchev–Trinajstić information content (AvgIpc) is 2.45. The van der Waals surface area contributed by atoms with Crippen LogP contribution in [0.4, 0.5) is 5.69 Å². The fourth-order valence-electron chi connectivity index (χ4n) is 2.30. The summed E-state index contributed by atoms with van der Waals surface area (Å²) in [6, 6.07) is 3.19. The molecule has 0 amide bonds. The van der Waals surface area contributed by atoms with E-state index in [1.807, 2.05) is 0 Å². The fourth-order valence-corrected chi connectivity index (χ4v) is 2.57. The summed E-state index contributed by atoms with van der Waals surface area (Å²) in [4.78, 5) is 22.3. The lowest BCUT2D eigenvalue weighted by Crippen LogP contribution is -2.45. The Kier molecular flexibility index (Phi) is 4.80. The van der Waals surface area contributed by atoms with E-state index in [2.05, 4.69) is 10.6 Å². The number of nitrogens with one attached hydrogen (secondary N) is 2. The normalized spacial score (nSPS) is 17.3. The number of hydrogen-bond acceptors (Lipinski definition) is 6. The molecule has 1 aromatic rings. The molecule has 0 aliphatic carbocycles. The monoisotopic (exact) mass is 337 g/mol. The first-order valence-corrected chi connectivity index (χ1v) is 7.18. The van der Waals surface area contributed by atoms with E-state index >= 15 is 0 Å². The van der Waals surface area contributed by atoms with Gasteiger partial charge >= 0.3 is 11.7 Å². The number of carbonyl (C=O) groups excluding carboxylic acids is 1. The Bertz CT molecular complexity index is 716. The van der Waals surface area contributed by atoms with E-state index in [9.17, 15) is 20.0 Å². The highest BCUT2D eigenvalue weighted by atomic mass is 32.1. The Morgan fingerprint density at radius 1 is 1.52 bits per heavy atom. The van der Waals surface area contributed by atoms with Crippen molar-refractivity contribution in [2.24, 2.45) is 0 Å². The highest BCUT2D eigenvalue weighted by Crippen LogP contribution is 2.33. The Morgan fingerprint density at radius 2 is 2.22 bits per heavy atom. The minimum absolute atomic E-state index is 0.207. The molecule has 0 spiro atoms. The van der Waals surface area contributed by atoms with Gasteiger partial charge in [-0.25, -0.2) is 4.79 Å². The van der Waals surface area contributed by atoms with E-state index in [0.717, 1.165) is 0 Å². The summed E-state index contributed by atoms with van der Waals surface area (Å²) >= 11 is 5.08. The third kappa shape index (κ3) is 3.39. The van der Waals surface area contributed by atoms with Crippen molar-refractivity contribution < 1.29 is 19.6 Å². The standard InChI is InChI=1S/C14H15N3O5S/c1-3-22-13(19)11-7(2)15-14(23)16-12(11)8-4-5-9(17(20)21)10(18)6-8/h4-6,12,18H,3H2,1-2H3,(H2,15,16,23). The number of carbonyl (C=O) groups is 1. The van der Waals surface area contributed by atoms with E-state index in [4.69, 9.17) is 17.0 Å². The second-order valence-electron chi connectivity index (χ2n) is 4.80. The van der Waals surface area contributed by atoms with Crippen LogP contribution in [0.3, 0.4) is 0 Å². The molecule has 0 bridgehead atoms. The number of thiocarbonyl (C=S) groups is 1. The van der Waals surface area contributed by atoms with Crippen molar-refractivity contribution >= 4 is 29.0 Å². The van der Waals surface area contributed by atoms with E-state index in [-0.39, 0.29) is 6.61 Å². The number of rotatable bonds is 4. The lowest BCUT2D eigenvalue weighted by Gasteiger charge is -2.29. The number of nitrogens with zero attached hydrogens (tertiary/aromatic N) is 1. The minimum Gasteiger partial charge on any atom is -0.502 e. The molecule has 122 valence electrons. The molecule has 2 rings (SSSR count). The molecule has 23 heavy (non-hydrogen) atoms. The predicted molar refractivity (Wildman–Crippen MR) is 85.7 cm³/mol. The summed E-state index contributed by atoms with van der Waals surface area (Å²) in [6.45, 7) is 3.57. The van der Waals surface area contributed by atoms with Gasteiger partial charge in [-0.05, 0) is 43.8 Å². The zero-order valence-corrected chi connectivity index (χ0v) is 13.3. The Hall–Kier alpha value is -2.68. The first kappa shape index (κ1) is 16.7. The summed E-state index contributed by atoms with van der Waals surface area (Å²) in [5.41, 5.74) is 0.867. The molecule has 0 fully saturated rings. The smallest absolute Gasteiger partial charge is 0.338 e. The van der Waals surface area contributed by atoms with E-state index < -0.39 is 28.4 Å². The summed E-state index contributed by atoms with van der Waals surface area (Å²) in [7, 11) is 0. The first-order valence-electron chi connectivity index (χ1n) is 6.77. The zero-order valence-electron chi connectivity index (χ0n) is 12.5. The third-order valence-corrected chi connectivity index (χ3v) is 3.51. The summed E-state index contributed by atoms with van der Waals surface area (Å²) in [5, 5.41) is 26.6. The van der Waals surface area contributed by atoms with Gasteiger partial charge in [0.25, 0.3) is 0 Å². The number of phenolic OH excluding ortho intramolecular Hbond substituents is 1. The second-order valence-corrected chi connectivity index (χ2v) is 5.20. The maximum atomic E-state index is 12.2. The largest absolute Gasteiger partial charge is 0.502 e. The van der Waals surface area contributed by atoms with E-state index in [1.54, 1.807) is 13.8 Å². The quantitative estimate of drug-likeness (QED) is 0.329. The van der Waals surface area contributed by atoms with Gasteiger partial charge in [-0.2, -0.15) is 0 Å². The van der Waals surface area contributed by atoms with Crippen molar-refractivity contribution in [3.05, 3.63) is 45.1 Å². The van der Waals surface area contributed by atoms with Gasteiger partial charge in [0.15, 0.2) is 10.9 Å². The molecule has 0 radical (unpaired) electrons. The van der Waals surface area contributed by atoms with Crippen LogP contribution in [-0.2, 0) is 9.53 Å². The molecule has 0 aromatic heterocycles. The SMILES string of the molecule is CCOC(=O)C1=C(C)NC(=S)NC1c1ccc([N+](=O)[O-])c(O)c1. The van der Waals surface area contributed by atoms with Crippen LogP contribution in [0.1, 0.15) is 25.5 Å². The van der Waals surface area contributed by atoms with E-state index in [1.165, 1.54) is 18.2 Å². The van der Waals surface area contributed by atoms with Gasteiger partial charge in [-0.15, -0.1) is 0 Å². The number of hydrogen-bond donors (Lipinski definition) is 3. The molecular weight excluding hydrogens is 322 g/mol. The maximum Gasteiger partial charge on any atom is 0.338 e. The van der Waals surface area contributed by atoms with Crippen LogP contribution < -0.4 is 10.6 Å². The highest BCUT2D eigenvalue weighted by molar-refractivity contribution is 7.80. The van der Waals surface area contributed by atoms with Crippen molar-refractivity contribution in [3.8, 4) is 5.75 Å². The molecule has 3 N–H and O–H groups in total. The van der Waals surface area contributed by atoms with Crippen LogP contribution >= 0.6 is 12.2 Å². The molecule has 0 saturated carbocycles. The van der Waals surface area contributed by atoms with Crippen LogP contribution in [0.15, 0.2) is 29.5 Å². The minimum atomic E-state index is -0.688. The van der Waals surface area contributed by atoms with Gasteiger partial charge in [0.1, 0.15) is 0 Å². The van der Waals surface area contributed by atoms with Gasteiger partial charge < -0.3 is 20.5 Å². The zero-order chi connectivity index (χ0) is 17.1. The summed E-state index contributed by atoms with van der Waals surface area (Å²) < 4.78 is 5.04. The van der Waals surface area contributed by atoms with Crippen molar-refractivity contribution in [2.45, 2.75) is 19.9 Å². The van der Waals surface area contributed by atoms with Crippen molar-refractivity contribution in [3.63, 3.8) is 0 Å². The van der Waals surface area contributed by atoms with Crippen LogP contribution in [0.5, 0.6) is 5.75 Å². The van der Waals surface area contributed by atoms with Crippen molar-refractivity contribution in [2.75, 3.05) is 6.61 Å². The Morgan fingerprint density at radius 3 is 2.78 bits per heavy atom. The van der Waals surface area contributed by atoms with Crippen molar-refractivity contribution in [1.29, 1.82) is 0 Å². The van der Waals surface area contributed by atoms with Gasteiger partial charge in [-0.3, -0.25) is 10.1 Å². The molecule has 9 heteroatoms. The number of nitro benzene ring substituents is 1. The molecule has 1 aliphatic rings. The number of ether oxygens (including phenoxy) is 1. The molecule has 1 unspecified atom stereocenters. The first-order chi connectivity index (χ1) is 10.8. The maximum absolute atomic E-state index is 12.2. The van der Waals surface area contributed by atoms with Crippen LogP contribution in [0.2, 0.25) is 0 Å². The van der Waals surface area contributed by atoms with Crippen LogP contribution in [0, 0.1) is 10.1 Å². The average molecular weight is 337 g/mol. The molecule has 1 aliphatic heterocycles. The summed E-state index contributed by atoms with van der Waals surface area (Å²) in [5.74, 6) is -1.02. The van der Waals surface area contributed by atoms with E-state index in [0.29, 0.717) is 21.9 Å². The number of benzene rings is 1.